The van der Waals surface area contributed by atoms with E-state index in [1.54, 1.807) is 25.1 Å². The standard InChI is InChI=1S/C19H18N4O5S/c1-10-9-13-17(22-19(26)20-13)16(11(10)2)21-15(24)7-8-23-18(25)12-5-3-4-6-14(12)29(23,27)28/h3-6,9H,7-8H2,1-2H3,(H,21,24)(H2,20,22,26). The first-order chi connectivity index (χ1) is 13.7. The molecule has 0 fully saturated rings. The van der Waals surface area contributed by atoms with E-state index in [1.807, 2.05) is 6.92 Å². The third-order valence-corrected chi connectivity index (χ3v) is 6.89. The third kappa shape index (κ3) is 3.01. The molecule has 9 nitrogen and oxygen atoms in total. The lowest BCUT2D eigenvalue weighted by molar-refractivity contribution is -0.116. The summed E-state index contributed by atoms with van der Waals surface area (Å²) < 4.78 is 25.9. The number of amides is 2. The van der Waals surface area contributed by atoms with Crippen LogP contribution in [0.25, 0.3) is 11.0 Å². The van der Waals surface area contributed by atoms with Gasteiger partial charge >= 0.3 is 5.69 Å². The number of aromatic nitrogens is 2. The van der Waals surface area contributed by atoms with E-state index in [0.717, 1.165) is 11.1 Å². The first kappa shape index (κ1) is 18.9. The Morgan fingerprint density at radius 2 is 1.86 bits per heavy atom. The number of aryl methyl sites for hydroxylation is 1. The molecule has 150 valence electrons. The second-order valence-corrected chi connectivity index (χ2v) is 8.70. The molecule has 0 radical (unpaired) electrons. The third-order valence-electron chi connectivity index (χ3n) is 5.05. The smallest absolute Gasteiger partial charge is 0.323 e. The number of aromatic amines is 2. The Hall–Kier alpha value is -3.40. The molecule has 1 aliphatic heterocycles. The van der Waals surface area contributed by atoms with Gasteiger partial charge in [0.1, 0.15) is 4.90 Å². The predicted molar refractivity (Wildman–Crippen MR) is 106 cm³/mol. The van der Waals surface area contributed by atoms with E-state index in [2.05, 4.69) is 15.3 Å². The maximum atomic E-state index is 12.6. The number of imidazole rings is 1. The van der Waals surface area contributed by atoms with Crippen molar-refractivity contribution < 1.29 is 18.0 Å². The summed E-state index contributed by atoms with van der Waals surface area (Å²) in [5.41, 5.74) is 2.82. The van der Waals surface area contributed by atoms with Gasteiger partial charge in [0.2, 0.25) is 5.91 Å². The van der Waals surface area contributed by atoms with Crippen molar-refractivity contribution in [3.8, 4) is 0 Å². The molecule has 2 aromatic carbocycles. The van der Waals surface area contributed by atoms with Crippen LogP contribution in [0.3, 0.4) is 0 Å². The highest BCUT2D eigenvalue weighted by Gasteiger charge is 2.40. The predicted octanol–water partition coefficient (Wildman–Crippen LogP) is 1.65. The van der Waals surface area contributed by atoms with Crippen LogP contribution in [0, 0.1) is 13.8 Å². The first-order valence-corrected chi connectivity index (χ1v) is 10.3. The summed E-state index contributed by atoms with van der Waals surface area (Å²) in [6.07, 6.45) is -0.220. The number of carbonyl (C=O) groups excluding carboxylic acids is 2. The van der Waals surface area contributed by atoms with Gasteiger partial charge in [0.25, 0.3) is 15.9 Å². The Bertz CT molecular complexity index is 1340. The first-order valence-electron chi connectivity index (χ1n) is 8.88. The molecule has 0 spiro atoms. The molecular weight excluding hydrogens is 396 g/mol. The van der Waals surface area contributed by atoms with Gasteiger partial charge in [-0.3, -0.25) is 9.59 Å². The number of hydrogen-bond acceptors (Lipinski definition) is 5. The van der Waals surface area contributed by atoms with Crippen molar-refractivity contribution >= 4 is 38.6 Å². The van der Waals surface area contributed by atoms with Crippen LogP contribution in [0.4, 0.5) is 5.69 Å². The van der Waals surface area contributed by atoms with Crippen molar-refractivity contribution in [1.29, 1.82) is 0 Å². The van der Waals surface area contributed by atoms with Crippen LogP contribution in [-0.2, 0) is 14.8 Å². The zero-order valence-electron chi connectivity index (χ0n) is 15.7. The van der Waals surface area contributed by atoms with Gasteiger partial charge in [-0.15, -0.1) is 0 Å². The molecule has 4 rings (SSSR count). The summed E-state index contributed by atoms with van der Waals surface area (Å²) in [5.74, 6) is -1.11. The van der Waals surface area contributed by atoms with Crippen LogP contribution in [0.5, 0.6) is 0 Å². The molecule has 0 unspecified atom stereocenters. The summed E-state index contributed by atoms with van der Waals surface area (Å²) >= 11 is 0. The quantitative estimate of drug-likeness (QED) is 0.597. The minimum absolute atomic E-state index is 0.0495. The molecule has 0 saturated heterocycles. The van der Waals surface area contributed by atoms with Gasteiger partial charge in [0.05, 0.1) is 22.3 Å². The fourth-order valence-electron chi connectivity index (χ4n) is 3.43. The maximum Gasteiger partial charge on any atom is 0.323 e. The highest BCUT2D eigenvalue weighted by Crippen LogP contribution is 2.30. The van der Waals surface area contributed by atoms with E-state index in [0.29, 0.717) is 21.0 Å². The molecule has 10 heteroatoms. The average molecular weight is 414 g/mol. The SMILES string of the molecule is Cc1cc2[nH]c(=O)[nH]c2c(NC(=O)CCN2C(=O)c3ccccc3S2(=O)=O)c1C. The molecular formula is C19H18N4O5S. The second kappa shape index (κ2) is 6.59. The minimum atomic E-state index is -3.96. The molecule has 1 aromatic heterocycles. The molecule has 0 aliphatic carbocycles. The normalized spacial score (nSPS) is 15.0. The lowest BCUT2D eigenvalue weighted by Crippen LogP contribution is -2.33. The Morgan fingerprint density at radius 1 is 1.14 bits per heavy atom. The molecule has 0 atom stereocenters. The lowest BCUT2D eigenvalue weighted by Gasteiger charge is -2.16. The van der Waals surface area contributed by atoms with Gasteiger partial charge in [-0.1, -0.05) is 12.1 Å². The monoisotopic (exact) mass is 414 g/mol. The van der Waals surface area contributed by atoms with Crippen LogP contribution in [0.2, 0.25) is 0 Å². The van der Waals surface area contributed by atoms with E-state index in [9.17, 15) is 22.8 Å². The highest BCUT2D eigenvalue weighted by atomic mass is 32.2. The van der Waals surface area contributed by atoms with Gasteiger partial charge in [0, 0.05) is 13.0 Å². The minimum Gasteiger partial charge on any atom is -0.324 e. The molecule has 3 N–H and O–H groups in total. The van der Waals surface area contributed by atoms with Crippen molar-refractivity contribution in [2.75, 3.05) is 11.9 Å². The summed E-state index contributed by atoms with van der Waals surface area (Å²) in [6, 6.07) is 7.75. The number of sulfonamides is 1. The molecule has 1 aliphatic rings. The number of nitrogens with one attached hydrogen (secondary N) is 3. The number of hydrogen-bond donors (Lipinski definition) is 3. The van der Waals surface area contributed by atoms with E-state index >= 15 is 0 Å². The molecule has 0 bridgehead atoms. The summed E-state index contributed by atoms with van der Waals surface area (Å²) in [6.45, 7) is 3.38. The number of anilines is 1. The summed E-state index contributed by atoms with van der Waals surface area (Å²) in [7, 11) is -3.96. The lowest BCUT2D eigenvalue weighted by atomic mass is 10.1. The van der Waals surface area contributed by atoms with Crippen LogP contribution >= 0.6 is 0 Å². The number of nitrogens with zero attached hydrogens (tertiary/aromatic N) is 1. The highest BCUT2D eigenvalue weighted by molar-refractivity contribution is 7.90. The fraction of sp³-hybridized carbons (Fsp3) is 0.211. The van der Waals surface area contributed by atoms with Crippen LogP contribution in [-0.4, -0.2) is 41.1 Å². The van der Waals surface area contributed by atoms with E-state index < -0.39 is 27.5 Å². The Morgan fingerprint density at radius 3 is 2.59 bits per heavy atom. The summed E-state index contributed by atoms with van der Waals surface area (Å²) in [4.78, 5) is 41.8. The van der Waals surface area contributed by atoms with Crippen LogP contribution < -0.4 is 11.0 Å². The molecule has 3 aromatic rings. The van der Waals surface area contributed by atoms with Crippen molar-refractivity contribution in [1.82, 2.24) is 14.3 Å². The number of benzene rings is 2. The van der Waals surface area contributed by atoms with Gasteiger partial charge < -0.3 is 15.3 Å². The fourth-order valence-corrected chi connectivity index (χ4v) is 4.99. The van der Waals surface area contributed by atoms with Crippen LogP contribution in [0.15, 0.2) is 40.0 Å². The Labute approximate surface area is 165 Å². The zero-order chi connectivity index (χ0) is 20.9. The number of H-pyrrole nitrogens is 2. The number of carbonyl (C=O) groups is 2. The van der Waals surface area contributed by atoms with Crippen molar-refractivity contribution in [2.24, 2.45) is 0 Å². The molecule has 2 amide bonds. The van der Waals surface area contributed by atoms with Crippen molar-refractivity contribution in [2.45, 2.75) is 25.2 Å². The van der Waals surface area contributed by atoms with Gasteiger partial charge in [0.15, 0.2) is 0 Å². The van der Waals surface area contributed by atoms with E-state index in [-0.39, 0.29) is 23.4 Å². The number of fused-ring (bicyclic) bond motifs is 2. The van der Waals surface area contributed by atoms with Crippen molar-refractivity contribution in [3.05, 3.63) is 57.5 Å². The van der Waals surface area contributed by atoms with Gasteiger partial charge in [-0.05, 0) is 43.2 Å². The molecule has 29 heavy (non-hydrogen) atoms. The molecule has 0 saturated carbocycles. The second-order valence-electron chi connectivity index (χ2n) is 6.87. The average Bonchev–Trinajstić information content (AvgIpc) is 3.13. The van der Waals surface area contributed by atoms with E-state index in [1.165, 1.54) is 12.1 Å². The summed E-state index contributed by atoms with van der Waals surface area (Å²) in [5, 5.41) is 2.73. The van der Waals surface area contributed by atoms with Crippen molar-refractivity contribution in [3.63, 3.8) is 0 Å². The zero-order valence-corrected chi connectivity index (χ0v) is 16.5. The Balaban J connectivity index is 1.55. The topological polar surface area (TPSA) is 132 Å². The number of rotatable bonds is 4. The van der Waals surface area contributed by atoms with Crippen LogP contribution in [0.1, 0.15) is 27.9 Å². The largest absolute Gasteiger partial charge is 0.324 e. The maximum absolute atomic E-state index is 12.6. The van der Waals surface area contributed by atoms with Gasteiger partial charge in [-0.25, -0.2) is 17.5 Å². The molecule has 2 heterocycles. The Kier molecular flexibility index (Phi) is 4.30. The van der Waals surface area contributed by atoms with Gasteiger partial charge in [-0.2, -0.15) is 0 Å². The van der Waals surface area contributed by atoms with E-state index in [4.69, 9.17) is 0 Å².